The predicted molar refractivity (Wildman–Crippen MR) is 91.7 cm³/mol. The Morgan fingerprint density at radius 1 is 1.12 bits per heavy atom. The molecule has 1 amide bonds. The molecule has 1 atom stereocenters. The van der Waals surface area contributed by atoms with Crippen molar-refractivity contribution in [3.05, 3.63) is 0 Å². The first-order valence-corrected chi connectivity index (χ1v) is 8.52. The first kappa shape index (κ1) is 22.6. The molecule has 0 unspecified atom stereocenters. The second kappa shape index (κ2) is 10.4. The van der Waals surface area contributed by atoms with Gasteiger partial charge in [-0.25, -0.2) is 9.59 Å². The first-order valence-electron chi connectivity index (χ1n) is 7.07. The van der Waals surface area contributed by atoms with Crippen molar-refractivity contribution in [1.29, 1.82) is 0 Å². The van der Waals surface area contributed by atoms with E-state index < -0.39 is 40.7 Å². The van der Waals surface area contributed by atoms with Gasteiger partial charge in [-0.1, -0.05) is 13.8 Å². The van der Waals surface area contributed by atoms with E-state index in [-0.39, 0.29) is 11.7 Å². The number of carbonyl (C=O) groups excluding carboxylic acids is 4. The summed E-state index contributed by atoms with van der Waals surface area (Å²) in [6.45, 7) is 5.74. The number of hydrogen-bond donors (Lipinski definition) is 2. The first-order chi connectivity index (χ1) is 11.0. The van der Waals surface area contributed by atoms with Crippen LogP contribution in [0.4, 0.5) is 4.79 Å². The molecule has 0 aromatic rings. The molecule has 10 heteroatoms. The molecule has 0 saturated heterocycles. The molecule has 0 aromatic carbocycles. The molecule has 0 radical (unpaired) electrons. The zero-order chi connectivity index (χ0) is 18.9. The fourth-order valence-electron chi connectivity index (χ4n) is 1.24. The Hall–Kier alpha value is -1.42. The van der Waals surface area contributed by atoms with Gasteiger partial charge in [-0.2, -0.15) is 12.6 Å². The number of hydrogen-bond acceptors (Lipinski definition) is 9. The highest BCUT2D eigenvalue weighted by Gasteiger charge is 2.35. The lowest BCUT2D eigenvalue weighted by Gasteiger charge is -2.24. The summed E-state index contributed by atoms with van der Waals surface area (Å²) in [6.07, 6.45) is 0. The molecular weight excluding hydrogens is 358 g/mol. The van der Waals surface area contributed by atoms with Gasteiger partial charge in [-0.3, -0.25) is 9.59 Å². The van der Waals surface area contributed by atoms with Crippen LogP contribution in [0, 0.1) is 5.92 Å². The largest absolute Gasteiger partial charge is 0.467 e. The lowest BCUT2D eigenvalue weighted by atomic mass is 10.2. The van der Waals surface area contributed by atoms with Crippen LogP contribution in [-0.4, -0.2) is 53.6 Å². The quantitative estimate of drug-likeness (QED) is 0.369. The smallest absolute Gasteiger partial charge is 0.371 e. The van der Waals surface area contributed by atoms with E-state index in [1.165, 1.54) is 21.0 Å². The fourth-order valence-corrected chi connectivity index (χ4v) is 2.16. The molecule has 0 rings (SSSR count). The molecule has 8 nitrogen and oxygen atoms in total. The van der Waals surface area contributed by atoms with E-state index in [1.54, 1.807) is 13.8 Å². The van der Waals surface area contributed by atoms with Gasteiger partial charge in [-0.15, -0.1) is 0 Å². The second-order valence-electron chi connectivity index (χ2n) is 5.47. The standard InChI is InChI=1S/C14H23NO7S2/c1-8(2)10(16)21-7-22-13(19)24-14(3,4)12(18)15-9(6-23)11(17)20-5/h8-9,23H,6-7H2,1-5H3,(H,15,18)/t9-/m0/s1. The van der Waals surface area contributed by atoms with Crippen molar-refractivity contribution in [3.8, 4) is 0 Å². The number of thioether (sulfide) groups is 1. The van der Waals surface area contributed by atoms with Crippen LogP contribution in [-0.2, 0) is 28.6 Å². The van der Waals surface area contributed by atoms with Crippen LogP contribution < -0.4 is 5.32 Å². The van der Waals surface area contributed by atoms with Gasteiger partial charge in [0.2, 0.25) is 12.7 Å². The molecule has 24 heavy (non-hydrogen) atoms. The highest BCUT2D eigenvalue weighted by Crippen LogP contribution is 2.26. The Bertz CT molecular complexity index is 480. The minimum atomic E-state index is -1.21. The molecular formula is C14H23NO7S2. The molecule has 0 aliphatic heterocycles. The van der Waals surface area contributed by atoms with Crippen LogP contribution in [0.1, 0.15) is 27.7 Å². The summed E-state index contributed by atoms with van der Waals surface area (Å²) in [6, 6.07) is -0.922. The molecule has 0 bridgehead atoms. The molecule has 138 valence electrons. The van der Waals surface area contributed by atoms with Crippen LogP contribution >= 0.6 is 24.4 Å². The Labute approximate surface area is 150 Å². The molecule has 0 fully saturated rings. The molecule has 0 aliphatic rings. The van der Waals surface area contributed by atoms with Crippen LogP contribution in [0.15, 0.2) is 0 Å². The lowest BCUT2D eigenvalue weighted by Crippen LogP contribution is -2.49. The highest BCUT2D eigenvalue weighted by molar-refractivity contribution is 8.15. The molecule has 0 aromatic heterocycles. The third-order valence-corrected chi connectivity index (χ3v) is 4.05. The molecule has 0 spiro atoms. The lowest BCUT2D eigenvalue weighted by molar-refractivity contribution is -0.155. The topological polar surface area (TPSA) is 108 Å². The fraction of sp³-hybridized carbons (Fsp3) is 0.714. The number of esters is 2. The molecule has 0 saturated carbocycles. The number of carbonyl (C=O) groups is 4. The summed E-state index contributed by atoms with van der Waals surface area (Å²) in [5, 5.41) is 1.66. The summed E-state index contributed by atoms with van der Waals surface area (Å²) in [4.78, 5) is 46.6. The second-order valence-corrected chi connectivity index (χ2v) is 7.40. The molecule has 1 N–H and O–H groups in total. The minimum Gasteiger partial charge on any atom is -0.467 e. The van der Waals surface area contributed by atoms with Gasteiger partial charge in [0, 0.05) is 5.75 Å². The van der Waals surface area contributed by atoms with Crippen molar-refractivity contribution in [3.63, 3.8) is 0 Å². The summed E-state index contributed by atoms with van der Waals surface area (Å²) in [7, 11) is 1.20. The van der Waals surface area contributed by atoms with Gasteiger partial charge in [0.05, 0.1) is 17.8 Å². The Balaban J connectivity index is 4.49. The van der Waals surface area contributed by atoms with Crippen LogP contribution in [0.25, 0.3) is 0 Å². The van der Waals surface area contributed by atoms with Crippen molar-refractivity contribution in [2.24, 2.45) is 5.92 Å². The minimum absolute atomic E-state index is 0.0504. The van der Waals surface area contributed by atoms with Crippen LogP contribution in [0.5, 0.6) is 0 Å². The maximum Gasteiger partial charge on any atom is 0.371 e. The average molecular weight is 381 g/mol. The maximum absolute atomic E-state index is 12.2. The Morgan fingerprint density at radius 3 is 2.17 bits per heavy atom. The SMILES string of the molecule is COC(=O)[C@H](CS)NC(=O)C(C)(C)SC(=O)OCOC(=O)C(C)C. The number of nitrogens with one attached hydrogen (secondary N) is 1. The zero-order valence-electron chi connectivity index (χ0n) is 14.3. The Morgan fingerprint density at radius 2 is 1.71 bits per heavy atom. The monoisotopic (exact) mass is 381 g/mol. The van der Waals surface area contributed by atoms with Crippen LogP contribution in [0.3, 0.4) is 0 Å². The van der Waals surface area contributed by atoms with E-state index in [2.05, 4.69) is 22.7 Å². The zero-order valence-corrected chi connectivity index (χ0v) is 16.0. The van der Waals surface area contributed by atoms with Gasteiger partial charge in [0.1, 0.15) is 6.04 Å². The van der Waals surface area contributed by atoms with Gasteiger partial charge in [-0.05, 0) is 25.6 Å². The van der Waals surface area contributed by atoms with Crippen molar-refractivity contribution in [2.75, 3.05) is 19.7 Å². The van der Waals surface area contributed by atoms with E-state index in [0.717, 1.165) is 0 Å². The normalized spacial score (nSPS) is 12.3. The van der Waals surface area contributed by atoms with Gasteiger partial charge in [0.15, 0.2) is 0 Å². The third kappa shape index (κ3) is 7.91. The highest BCUT2D eigenvalue weighted by atomic mass is 32.2. The van der Waals surface area contributed by atoms with E-state index in [9.17, 15) is 19.2 Å². The van der Waals surface area contributed by atoms with Crippen molar-refractivity contribution in [1.82, 2.24) is 5.32 Å². The van der Waals surface area contributed by atoms with Gasteiger partial charge >= 0.3 is 17.2 Å². The maximum atomic E-state index is 12.2. The number of amides is 1. The van der Waals surface area contributed by atoms with E-state index in [0.29, 0.717) is 11.8 Å². The van der Waals surface area contributed by atoms with Crippen molar-refractivity contribution < 1.29 is 33.4 Å². The van der Waals surface area contributed by atoms with Crippen molar-refractivity contribution >= 4 is 47.5 Å². The number of rotatable bonds is 8. The van der Waals surface area contributed by atoms with Gasteiger partial charge in [0.25, 0.3) is 0 Å². The number of thiol groups is 1. The summed E-state index contributed by atoms with van der Waals surface area (Å²) in [5.41, 5.74) is 0. The van der Waals surface area contributed by atoms with E-state index >= 15 is 0 Å². The number of methoxy groups -OCH3 is 1. The van der Waals surface area contributed by atoms with E-state index in [1.807, 2.05) is 0 Å². The Kier molecular flexibility index (Phi) is 9.83. The third-order valence-electron chi connectivity index (χ3n) is 2.71. The average Bonchev–Trinajstić information content (AvgIpc) is 2.50. The summed E-state index contributed by atoms with van der Waals surface area (Å²) < 4.78 is 12.8. The van der Waals surface area contributed by atoms with Gasteiger partial charge < -0.3 is 19.5 Å². The number of ether oxygens (including phenoxy) is 3. The van der Waals surface area contributed by atoms with Crippen LogP contribution in [0.2, 0.25) is 0 Å². The van der Waals surface area contributed by atoms with Crippen molar-refractivity contribution in [2.45, 2.75) is 38.5 Å². The summed E-state index contributed by atoms with van der Waals surface area (Å²) >= 11 is 4.57. The molecule has 0 aliphatic carbocycles. The summed E-state index contributed by atoms with van der Waals surface area (Å²) in [5.74, 6) is -1.99. The predicted octanol–water partition coefficient (Wildman–Crippen LogP) is 1.38. The molecule has 0 heterocycles. The van der Waals surface area contributed by atoms with E-state index in [4.69, 9.17) is 9.47 Å².